The summed E-state index contributed by atoms with van der Waals surface area (Å²) in [6.45, 7) is 18.2. The summed E-state index contributed by atoms with van der Waals surface area (Å²) >= 11 is 0. The van der Waals surface area contributed by atoms with E-state index in [1.165, 1.54) is 33.4 Å². The largest absolute Gasteiger partial charge is 0.512 e. The first-order chi connectivity index (χ1) is 15.1. The van der Waals surface area contributed by atoms with E-state index in [0.717, 1.165) is 16.9 Å². The monoisotopic (exact) mass is 427 g/mol. The maximum atomic E-state index is 5.82. The Morgan fingerprint density at radius 2 is 0.875 bits per heavy atom. The van der Waals surface area contributed by atoms with Crippen molar-refractivity contribution in [3.8, 4) is 28.0 Å². The minimum Gasteiger partial charge on any atom is -0.512 e. The van der Waals surface area contributed by atoms with Gasteiger partial charge < -0.3 is 4.74 Å². The first-order valence-electron chi connectivity index (χ1n) is 12.0. The fraction of sp³-hybridized carbons (Fsp3) is 0.419. The van der Waals surface area contributed by atoms with Gasteiger partial charge in [0.2, 0.25) is 0 Å². The standard InChI is InChI=1S/C31H39O/c1-19(2)26-12-10-13-27(20(3)4)30(26)23-16-24(18-25(17-23)32-9)31-28(21(5)6)14-11-15-29(31)22(7)8/h10-15,17-22H,1-9H3/q-1. The molecular weight excluding hydrogens is 388 g/mol. The van der Waals surface area contributed by atoms with E-state index in [2.05, 4.69) is 110 Å². The van der Waals surface area contributed by atoms with Gasteiger partial charge in [0.05, 0.1) is 12.9 Å². The zero-order valence-corrected chi connectivity index (χ0v) is 21.3. The molecule has 3 aromatic rings. The van der Waals surface area contributed by atoms with Crippen LogP contribution >= 0.6 is 0 Å². The van der Waals surface area contributed by atoms with E-state index >= 15 is 0 Å². The van der Waals surface area contributed by atoms with Crippen molar-refractivity contribution >= 4 is 0 Å². The molecule has 32 heavy (non-hydrogen) atoms. The molecule has 0 fully saturated rings. The Kier molecular flexibility index (Phi) is 7.49. The van der Waals surface area contributed by atoms with Gasteiger partial charge in [0.25, 0.3) is 0 Å². The van der Waals surface area contributed by atoms with Crippen molar-refractivity contribution in [2.45, 2.75) is 79.1 Å². The Hall–Kier alpha value is -2.54. The van der Waals surface area contributed by atoms with E-state index in [4.69, 9.17) is 4.74 Å². The molecule has 3 rings (SSSR count). The number of ether oxygens (including phenoxy) is 1. The first-order valence-corrected chi connectivity index (χ1v) is 12.0. The molecule has 1 heteroatoms. The molecule has 0 radical (unpaired) electrons. The minimum absolute atomic E-state index is 0.431. The molecule has 1 nitrogen and oxygen atoms in total. The molecule has 0 saturated carbocycles. The Bertz CT molecular complexity index is 936. The molecule has 170 valence electrons. The SMILES string of the molecule is COc1cc(-c2c(C(C)C)cccc2C(C)C)[c-]c(-c2c(C(C)C)cccc2C(C)C)c1. The molecule has 0 heterocycles. The lowest BCUT2D eigenvalue weighted by atomic mass is 9.82. The lowest BCUT2D eigenvalue weighted by molar-refractivity contribution is 0.415. The third kappa shape index (κ3) is 4.77. The summed E-state index contributed by atoms with van der Waals surface area (Å²) in [5.74, 6) is 2.61. The molecule has 0 saturated heterocycles. The summed E-state index contributed by atoms with van der Waals surface area (Å²) in [4.78, 5) is 0. The maximum Gasteiger partial charge on any atom is 0.0755 e. The number of rotatable bonds is 7. The summed E-state index contributed by atoms with van der Waals surface area (Å²) in [7, 11) is 1.76. The van der Waals surface area contributed by atoms with Crippen molar-refractivity contribution in [1.82, 2.24) is 0 Å². The lowest BCUT2D eigenvalue weighted by Crippen LogP contribution is -2.02. The van der Waals surface area contributed by atoms with Crippen LogP contribution in [0.25, 0.3) is 22.3 Å². The zero-order chi connectivity index (χ0) is 23.6. The summed E-state index contributed by atoms with van der Waals surface area (Å²) in [6.07, 6.45) is 0. The van der Waals surface area contributed by atoms with E-state index in [0.29, 0.717) is 23.7 Å². The number of hydrogen-bond acceptors (Lipinski definition) is 1. The van der Waals surface area contributed by atoms with Crippen molar-refractivity contribution in [2.24, 2.45) is 0 Å². The summed E-state index contributed by atoms with van der Waals surface area (Å²) in [5.41, 5.74) is 10.3. The van der Waals surface area contributed by atoms with Crippen molar-refractivity contribution in [2.75, 3.05) is 7.11 Å². The summed E-state index contributed by atoms with van der Waals surface area (Å²) in [6, 6.07) is 21.6. The molecule has 0 N–H and O–H groups in total. The summed E-state index contributed by atoms with van der Waals surface area (Å²) in [5, 5.41) is 0. The average Bonchev–Trinajstić information content (AvgIpc) is 2.77. The lowest BCUT2D eigenvalue weighted by Gasteiger charge is -2.28. The second-order valence-corrected chi connectivity index (χ2v) is 10.1. The highest BCUT2D eigenvalue weighted by atomic mass is 16.5. The fourth-order valence-electron chi connectivity index (χ4n) is 4.65. The van der Waals surface area contributed by atoms with Gasteiger partial charge in [-0.1, -0.05) is 137 Å². The van der Waals surface area contributed by atoms with Crippen LogP contribution in [0.15, 0.2) is 48.5 Å². The molecule has 0 amide bonds. The highest BCUT2D eigenvalue weighted by Gasteiger charge is 2.16. The smallest absolute Gasteiger partial charge is 0.0755 e. The summed E-state index contributed by atoms with van der Waals surface area (Å²) < 4.78 is 5.82. The topological polar surface area (TPSA) is 9.23 Å². The molecule has 0 aromatic heterocycles. The highest BCUT2D eigenvalue weighted by molar-refractivity contribution is 5.81. The average molecular weight is 428 g/mol. The molecular formula is C31H39O-. The molecule has 0 aliphatic carbocycles. The number of benzene rings is 3. The Morgan fingerprint density at radius 3 is 1.12 bits per heavy atom. The Labute approximate surface area is 195 Å². The fourth-order valence-corrected chi connectivity index (χ4v) is 4.65. The molecule has 3 aromatic carbocycles. The van der Waals surface area contributed by atoms with Gasteiger partial charge in [0.15, 0.2) is 0 Å². The van der Waals surface area contributed by atoms with Gasteiger partial charge in [-0.3, -0.25) is 0 Å². The van der Waals surface area contributed by atoms with Crippen molar-refractivity contribution < 1.29 is 4.74 Å². The third-order valence-electron chi connectivity index (χ3n) is 6.36. The zero-order valence-electron chi connectivity index (χ0n) is 21.3. The van der Waals surface area contributed by atoms with E-state index in [-0.39, 0.29) is 0 Å². The van der Waals surface area contributed by atoms with Gasteiger partial charge >= 0.3 is 0 Å². The van der Waals surface area contributed by atoms with Gasteiger partial charge in [-0.25, -0.2) is 0 Å². The van der Waals surface area contributed by atoms with Crippen LogP contribution < -0.4 is 4.74 Å². The molecule has 0 spiro atoms. The van der Waals surface area contributed by atoms with Crippen LogP contribution in [0.1, 0.15) is 101 Å². The van der Waals surface area contributed by atoms with Crippen LogP contribution in [-0.2, 0) is 0 Å². The minimum atomic E-state index is 0.431. The molecule has 0 atom stereocenters. The van der Waals surface area contributed by atoms with Crippen LogP contribution in [0.2, 0.25) is 0 Å². The van der Waals surface area contributed by atoms with Gasteiger partial charge in [-0.15, -0.1) is 17.2 Å². The van der Waals surface area contributed by atoms with Gasteiger partial charge in [0.1, 0.15) is 0 Å². The van der Waals surface area contributed by atoms with Crippen LogP contribution in [-0.4, -0.2) is 7.11 Å². The number of hydrogen-bond donors (Lipinski definition) is 0. The van der Waals surface area contributed by atoms with E-state index in [1.807, 2.05) is 0 Å². The van der Waals surface area contributed by atoms with Gasteiger partial charge in [0, 0.05) is 0 Å². The van der Waals surface area contributed by atoms with Crippen LogP contribution in [0, 0.1) is 6.07 Å². The third-order valence-corrected chi connectivity index (χ3v) is 6.36. The van der Waals surface area contributed by atoms with E-state index in [9.17, 15) is 0 Å². The van der Waals surface area contributed by atoms with Gasteiger partial charge in [-0.05, 0) is 23.7 Å². The number of methoxy groups -OCH3 is 1. The van der Waals surface area contributed by atoms with Gasteiger partial charge in [-0.2, -0.15) is 0 Å². The molecule has 0 unspecified atom stereocenters. The first kappa shape index (κ1) is 24.1. The van der Waals surface area contributed by atoms with E-state index in [1.54, 1.807) is 7.11 Å². The maximum absolute atomic E-state index is 5.82. The van der Waals surface area contributed by atoms with Crippen LogP contribution in [0.4, 0.5) is 0 Å². The van der Waals surface area contributed by atoms with Crippen LogP contribution in [0.5, 0.6) is 5.75 Å². The molecule has 0 bridgehead atoms. The Morgan fingerprint density at radius 1 is 0.562 bits per heavy atom. The second kappa shape index (κ2) is 9.94. The predicted octanol–water partition coefficient (Wildman–Crippen LogP) is 9.32. The van der Waals surface area contributed by atoms with E-state index < -0.39 is 0 Å². The van der Waals surface area contributed by atoms with Crippen molar-refractivity contribution in [3.63, 3.8) is 0 Å². The van der Waals surface area contributed by atoms with Crippen molar-refractivity contribution in [3.05, 3.63) is 76.9 Å². The molecule has 0 aliphatic rings. The quantitative estimate of drug-likeness (QED) is 0.341. The second-order valence-electron chi connectivity index (χ2n) is 10.1. The van der Waals surface area contributed by atoms with Crippen LogP contribution in [0.3, 0.4) is 0 Å². The normalized spacial score (nSPS) is 11.8. The molecule has 0 aliphatic heterocycles. The highest BCUT2D eigenvalue weighted by Crippen LogP contribution is 2.42. The predicted molar refractivity (Wildman–Crippen MR) is 139 cm³/mol. The van der Waals surface area contributed by atoms with Crippen molar-refractivity contribution in [1.29, 1.82) is 0 Å². The Balaban J connectivity index is 2.39.